The van der Waals surface area contributed by atoms with Crippen LogP contribution < -0.4 is 16.0 Å². The molecule has 0 saturated heterocycles. The lowest BCUT2D eigenvalue weighted by Gasteiger charge is -2.13. The van der Waals surface area contributed by atoms with Gasteiger partial charge in [0.25, 0.3) is 5.91 Å². The lowest BCUT2D eigenvalue weighted by molar-refractivity contribution is 0.0947. The van der Waals surface area contributed by atoms with E-state index in [1.807, 2.05) is 13.8 Å². The first-order chi connectivity index (χ1) is 13.9. The number of amides is 3. The quantitative estimate of drug-likeness (QED) is 0.568. The Labute approximate surface area is 172 Å². The summed E-state index contributed by atoms with van der Waals surface area (Å²) in [5, 5.41) is 12.6. The van der Waals surface area contributed by atoms with Crippen molar-refractivity contribution in [2.75, 3.05) is 5.32 Å². The average molecular weight is 414 g/mol. The second-order valence-electron chi connectivity index (χ2n) is 6.50. The summed E-state index contributed by atoms with van der Waals surface area (Å²) in [5.74, 6) is 0.279. The molecule has 3 amide bonds. The van der Waals surface area contributed by atoms with Gasteiger partial charge in [0, 0.05) is 16.6 Å². The van der Waals surface area contributed by atoms with Crippen molar-refractivity contribution in [3.8, 4) is 11.4 Å². The largest absolute Gasteiger partial charge is 0.343 e. The number of aromatic nitrogens is 2. The van der Waals surface area contributed by atoms with Gasteiger partial charge < -0.3 is 20.5 Å². The second-order valence-corrected chi connectivity index (χ2v) is 6.94. The molecular weight excluding hydrogens is 394 g/mol. The summed E-state index contributed by atoms with van der Waals surface area (Å²) >= 11 is 5.87. The van der Waals surface area contributed by atoms with Crippen molar-refractivity contribution < 1.29 is 14.1 Å². The number of carbonyl (C=O) groups is 2. The number of anilines is 1. The number of rotatable bonds is 6. The average Bonchev–Trinajstić information content (AvgIpc) is 3.15. The third-order valence-corrected chi connectivity index (χ3v) is 4.06. The Hall–Kier alpha value is -3.39. The maximum absolute atomic E-state index is 12.6. The van der Waals surface area contributed by atoms with Crippen molar-refractivity contribution in [2.24, 2.45) is 0 Å². The summed E-state index contributed by atoms with van der Waals surface area (Å²) in [4.78, 5) is 28.8. The van der Waals surface area contributed by atoms with Crippen molar-refractivity contribution in [1.82, 2.24) is 20.8 Å². The Morgan fingerprint density at radius 1 is 1.10 bits per heavy atom. The highest BCUT2D eigenvalue weighted by molar-refractivity contribution is 6.30. The third kappa shape index (κ3) is 5.55. The first-order valence-electron chi connectivity index (χ1n) is 8.95. The number of halogens is 1. The Bertz CT molecular complexity index is 1000. The first-order valence-corrected chi connectivity index (χ1v) is 9.33. The molecule has 1 aromatic heterocycles. The molecule has 0 fully saturated rings. The van der Waals surface area contributed by atoms with E-state index in [4.69, 9.17) is 16.1 Å². The number of hydrogen-bond acceptors (Lipinski definition) is 5. The van der Waals surface area contributed by atoms with Crippen LogP contribution in [0.1, 0.15) is 30.1 Å². The topological polar surface area (TPSA) is 109 Å². The van der Waals surface area contributed by atoms with Gasteiger partial charge in [0.05, 0.1) is 17.8 Å². The van der Waals surface area contributed by atoms with E-state index >= 15 is 0 Å². The van der Waals surface area contributed by atoms with Crippen molar-refractivity contribution in [1.29, 1.82) is 0 Å². The number of urea groups is 1. The van der Waals surface area contributed by atoms with Crippen LogP contribution >= 0.6 is 11.6 Å². The van der Waals surface area contributed by atoms with Crippen LogP contribution in [-0.4, -0.2) is 28.1 Å². The SMILES string of the molecule is CC(C)NC(=O)Nc1ccccc1C(=O)NCc1nc(-c2ccc(Cl)cc2)no1. The molecule has 0 aliphatic heterocycles. The predicted molar refractivity (Wildman–Crippen MR) is 110 cm³/mol. The van der Waals surface area contributed by atoms with E-state index in [-0.39, 0.29) is 30.4 Å². The van der Waals surface area contributed by atoms with Crippen LogP contribution in [0.25, 0.3) is 11.4 Å². The maximum atomic E-state index is 12.6. The van der Waals surface area contributed by atoms with E-state index < -0.39 is 0 Å². The summed E-state index contributed by atoms with van der Waals surface area (Å²) < 4.78 is 5.19. The van der Waals surface area contributed by atoms with Gasteiger partial charge in [-0.05, 0) is 50.2 Å². The molecule has 0 spiro atoms. The summed E-state index contributed by atoms with van der Waals surface area (Å²) in [6.07, 6.45) is 0. The van der Waals surface area contributed by atoms with Gasteiger partial charge in [0.15, 0.2) is 0 Å². The Kier molecular flexibility index (Phi) is 6.46. The van der Waals surface area contributed by atoms with Crippen LogP contribution in [-0.2, 0) is 6.54 Å². The van der Waals surface area contributed by atoms with E-state index in [2.05, 4.69) is 26.1 Å². The number of para-hydroxylation sites is 1. The van der Waals surface area contributed by atoms with Gasteiger partial charge in [-0.1, -0.05) is 28.9 Å². The minimum absolute atomic E-state index is 0.0247. The van der Waals surface area contributed by atoms with Crippen molar-refractivity contribution in [2.45, 2.75) is 26.4 Å². The van der Waals surface area contributed by atoms with E-state index in [1.54, 1.807) is 48.5 Å². The molecule has 3 rings (SSSR count). The molecule has 2 aromatic carbocycles. The zero-order valence-electron chi connectivity index (χ0n) is 15.9. The van der Waals surface area contributed by atoms with Gasteiger partial charge in [-0.2, -0.15) is 4.98 Å². The minimum Gasteiger partial charge on any atom is -0.343 e. The Balaban J connectivity index is 1.64. The molecule has 150 valence electrons. The van der Waals surface area contributed by atoms with E-state index in [0.717, 1.165) is 5.56 Å². The molecule has 0 atom stereocenters. The van der Waals surface area contributed by atoms with Crippen LogP contribution in [0.4, 0.5) is 10.5 Å². The van der Waals surface area contributed by atoms with Crippen molar-refractivity contribution in [3.63, 3.8) is 0 Å². The number of carbonyl (C=O) groups excluding carboxylic acids is 2. The molecule has 1 heterocycles. The van der Waals surface area contributed by atoms with E-state index in [9.17, 15) is 9.59 Å². The smallest absolute Gasteiger partial charge is 0.319 e. The fourth-order valence-electron chi connectivity index (χ4n) is 2.50. The molecule has 3 N–H and O–H groups in total. The molecule has 9 heteroatoms. The number of nitrogens with zero attached hydrogens (tertiary/aromatic N) is 2. The molecule has 0 aliphatic carbocycles. The molecule has 29 heavy (non-hydrogen) atoms. The molecule has 8 nitrogen and oxygen atoms in total. The summed E-state index contributed by atoms with van der Waals surface area (Å²) in [6, 6.07) is 13.3. The fourth-order valence-corrected chi connectivity index (χ4v) is 2.63. The van der Waals surface area contributed by atoms with Gasteiger partial charge in [-0.25, -0.2) is 4.79 Å². The lowest BCUT2D eigenvalue weighted by Crippen LogP contribution is -2.35. The van der Waals surface area contributed by atoms with Gasteiger partial charge >= 0.3 is 6.03 Å². The maximum Gasteiger partial charge on any atom is 0.319 e. The minimum atomic E-state index is -0.384. The highest BCUT2D eigenvalue weighted by Gasteiger charge is 2.15. The summed E-state index contributed by atoms with van der Waals surface area (Å²) in [7, 11) is 0. The summed E-state index contributed by atoms with van der Waals surface area (Å²) in [6.45, 7) is 3.74. The van der Waals surface area contributed by atoms with Crippen LogP contribution in [0.5, 0.6) is 0 Å². The Morgan fingerprint density at radius 3 is 2.55 bits per heavy atom. The van der Waals surface area contributed by atoms with Crippen LogP contribution in [0.2, 0.25) is 5.02 Å². The molecule has 0 bridgehead atoms. The normalized spacial score (nSPS) is 10.6. The number of benzene rings is 2. The molecule has 0 saturated carbocycles. The molecule has 3 aromatic rings. The van der Waals surface area contributed by atoms with Gasteiger partial charge in [0.1, 0.15) is 0 Å². The van der Waals surface area contributed by atoms with Gasteiger partial charge in [0.2, 0.25) is 11.7 Å². The van der Waals surface area contributed by atoms with Crippen molar-refractivity contribution in [3.05, 3.63) is 65.0 Å². The standard InChI is InChI=1S/C20H20ClN5O3/c1-12(2)23-20(28)24-16-6-4-3-5-15(16)19(27)22-11-17-25-18(26-29-17)13-7-9-14(21)10-8-13/h3-10,12H,11H2,1-2H3,(H,22,27)(H2,23,24,28). The van der Waals surface area contributed by atoms with E-state index in [0.29, 0.717) is 22.1 Å². The van der Waals surface area contributed by atoms with Gasteiger partial charge in [-0.3, -0.25) is 4.79 Å². The first kappa shape index (κ1) is 20.3. The zero-order valence-corrected chi connectivity index (χ0v) is 16.7. The lowest BCUT2D eigenvalue weighted by atomic mass is 10.1. The highest BCUT2D eigenvalue weighted by Crippen LogP contribution is 2.19. The second kappa shape index (κ2) is 9.20. The molecule has 0 unspecified atom stereocenters. The fraction of sp³-hybridized carbons (Fsp3) is 0.200. The third-order valence-electron chi connectivity index (χ3n) is 3.81. The van der Waals surface area contributed by atoms with Crippen LogP contribution in [0.3, 0.4) is 0 Å². The number of nitrogens with one attached hydrogen (secondary N) is 3. The summed E-state index contributed by atoms with van der Waals surface area (Å²) in [5.41, 5.74) is 1.47. The molecule has 0 aliphatic rings. The zero-order chi connectivity index (χ0) is 20.8. The van der Waals surface area contributed by atoms with Crippen molar-refractivity contribution >= 4 is 29.2 Å². The monoisotopic (exact) mass is 413 g/mol. The predicted octanol–water partition coefficient (Wildman–Crippen LogP) is 3.85. The molecular formula is C20H20ClN5O3. The number of hydrogen-bond donors (Lipinski definition) is 3. The van der Waals surface area contributed by atoms with E-state index in [1.165, 1.54) is 0 Å². The Morgan fingerprint density at radius 2 is 1.83 bits per heavy atom. The van der Waals surface area contributed by atoms with Gasteiger partial charge in [-0.15, -0.1) is 0 Å². The van der Waals surface area contributed by atoms with Crippen LogP contribution in [0, 0.1) is 0 Å². The molecule has 0 radical (unpaired) electrons. The van der Waals surface area contributed by atoms with Crippen LogP contribution in [0.15, 0.2) is 53.1 Å². The highest BCUT2D eigenvalue weighted by atomic mass is 35.5.